The molecular formula is C14H14O4. The fraction of sp³-hybridized carbons (Fsp3) is 0.286. The third-order valence-electron chi connectivity index (χ3n) is 2.74. The molecule has 0 aliphatic heterocycles. The van der Waals surface area contributed by atoms with Crippen molar-refractivity contribution in [3.05, 3.63) is 46.3 Å². The van der Waals surface area contributed by atoms with Gasteiger partial charge >= 0.3 is 11.6 Å². The quantitative estimate of drug-likeness (QED) is 0.617. The van der Waals surface area contributed by atoms with E-state index in [1.807, 2.05) is 13.8 Å². The Morgan fingerprint density at radius 3 is 2.78 bits per heavy atom. The summed E-state index contributed by atoms with van der Waals surface area (Å²) in [5.74, 6) is -0.405. The van der Waals surface area contributed by atoms with Crippen molar-refractivity contribution in [2.24, 2.45) is 0 Å². The molecule has 94 valence electrons. The van der Waals surface area contributed by atoms with Gasteiger partial charge in [-0.1, -0.05) is 13.0 Å². The summed E-state index contributed by atoms with van der Waals surface area (Å²) in [6.07, 6.45) is 0.630. The molecule has 1 aromatic heterocycles. The van der Waals surface area contributed by atoms with Gasteiger partial charge in [0.15, 0.2) is 0 Å². The number of fused-ring (bicyclic) bond motifs is 1. The number of esters is 1. The molecule has 4 heteroatoms. The van der Waals surface area contributed by atoms with Crippen molar-refractivity contribution in [3.63, 3.8) is 0 Å². The Kier molecular flexibility index (Phi) is 3.46. The standard InChI is InChI=1S/C14H14O4/c1-3-9(2)17-14(16)11-5-4-10-6-7-13(15)18-12(10)8-11/h4-9H,3H2,1-2H3/t9-/m0/s1. The van der Waals surface area contributed by atoms with Gasteiger partial charge in [0.25, 0.3) is 0 Å². The van der Waals surface area contributed by atoms with Gasteiger partial charge in [-0.25, -0.2) is 9.59 Å². The molecule has 2 aromatic rings. The van der Waals surface area contributed by atoms with E-state index in [0.29, 0.717) is 11.1 Å². The molecule has 0 fully saturated rings. The Hall–Kier alpha value is -2.10. The van der Waals surface area contributed by atoms with Crippen LogP contribution in [0.1, 0.15) is 30.6 Å². The monoisotopic (exact) mass is 246 g/mol. The van der Waals surface area contributed by atoms with E-state index in [1.165, 1.54) is 12.1 Å². The largest absolute Gasteiger partial charge is 0.459 e. The minimum absolute atomic E-state index is 0.129. The maximum Gasteiger partial charge on any atom is 0.338 e. The first-order chi connectivity index (χ1) is 8.60. The highest BCUT2D eigenvalue weighted by atomic mass is 16.5. The summed E-state index contributed by atoms with van der Waals surface area (Å²) < 4.78 is 10.2. The fourth-order valence-corrected chi connectivity index (χ4v) is 1.52. The highest BCUT2D eigenvalue weighted by molar-refractivity contribution is 5.93. The van der Waals surface area contributed by atoms with E-state index in [1.54, 1.807) is 18.2 Å². The van der Waals surface area contributed by atoms with Gasteiger partial charge in [-0.15, -0.1) is 0 Å². The molecule has 0 radical (unpaired) electrons. The lowest BCUT2D eigenvalue weighted by molar-refractivity contribution is 0.0334. The summed E-state index contributed by atoms with van der Waals surface area (Å²) in [5.41, 5.74) is 0.341. The number of hydrogen-bond donors (Lipinski definition) is 0. The molecule has 1 atom stereocenters. The van der Waals surface area contributed by atoms with Gasteiger partial charge < -0.3 is 9.15 Å². The SMILES string of the molecule is CC[C@H](C)OC(=O)c1ccc2ccc(=O)oc2c1. The average molecular weight is 246 g/mol. The molecule has 0 unspecified atom stereocenters. The molecular weight excluding hydrogens is 232 g/mol. The van der Waals surface area contributed by atoms with Crippen molar-refractivity contribution < 1.29 is 13.9 Å². The number of carbonyl (C=O) groups excluding carboxylic acids is 1. The van der Waals surface area contributed by atoms with E-state index >= 15 is 0 Å². The van der Waals surface area contributed by atoms with Gasteiger partial charge in [0.05, 0.1) is 11.7 Å². The highest BCUT2D eigenvalue weighted by Gasteiger charge is 2.11. The first-order valence-electron chi connectivity index (χ1n) is 5.85. The minimum atomic E-state index is -0.435. The Morgan fingerprint density at radius 1 is 1.33 bits per heavy atom. The van der Waals surface area contributed by atoms with E-state index in [4.69, 9.17) is 9.15 Å². The number of carbonyl (C=O) groups is 1. The molecule has 0 bridgehead atoms. The molecule has 1 aromatic carbocycles. The summed E-state index contributed by atoms with van der Waals surface area (Å²) in [7, 11) is 0. The minimum Gasteiger partial charge on any atom is -0.459 e. The van der Waals surface area contributed by atoms with Crippen LogP contribution in [-0.2, 0) is 4.74 Å². The fourth-order valence-electron chi connectivity index (χ4n) is 1.52. The van der Waals surface area contributed by atoms with Crippen molar-refractivity contribution in [2.75, 3.05) is 0 Å². The van der Waals surface area contributed by atoms with Crippen molar-refractivity contribution in [3.8, 4) is 0 Å². The number of benzene rings is 1. The van der Waals surface area contributed by atoms with Crippen LogP contribution in [-0.4, -0.2) is 12.1 Å². The van der Waals surface area contributed by atoms with Gasteiger partial charge in [-0.3, -0.25) is 0 Å². The van der Waals surface area contributed by atoms with Crippen LogP contribution < -0.4 is 5.63 Å². The van der Waals surface area contributed by atoms with E-state index in [9.17, 15) is 9.59 Å². The average Bonchev–Trinajstić information content (AvgIpc) is 2.37. The molecule has 0 spiro atoms. The van der Waals surface area contributed by atoms with Crippen LogP contribution in [0.15, 0.2) is 39.5 Å². The van der Waals surface area contributed by atoms with Crippen LogP contribution in [0, 0.1) is 0 Å². The summed E-state index contributed by atoms with van der Waals surface area (Å²) in [6.45, 7) is 3.77. The normalized spacial score (nSPS) is 12.3. The van der Waals surface area contributed by atoms with Crippen molar-refractivity contribution in [2.45, 2.75) is 26.4 Å². The smallest absolute Gasteiger partial charge is 0.338 e. The van der Waals surface area contributed by atoms with E-state index < -0.39 is 11.6 Å². The molecule has 2 rings (SSSR count). The van der Waals surface area contributed by atoms with Crippen molar-refractivity contribution in [1.29, 1.82) is 0 Å². The summed E-state index contributed by atoms with van der Waals surface area (Å²) in [5, 5.41) is 0.773. The lowest BCUT2D eigenvalue weighted by Gasteiger charge is -2.10. The van der Waals surface area contributed by atoms with Gasteiger partial charge in [0, 0.05) is 11.5 Å². The van der Waals surface area contributed by atoms with E-state index in [0.717, 1.165) is 11.8 Å². The molecule has 18 heavy (non-hydrogen) atoms. The van der Waals surface area contributed by atoms with Crippen LogP contribution >= 0.6 is 0 Å². The van der Waals surface area contributed by atoms with Crippen molar-refractivity contribution in [1.82, 2.24) is 0 Å². The molecule has 0 aliphatic rings. The van der Waals surface area contributed by atoms with Crippen molar-refractivity contribution >= 4 is 16.9 Å². The zero-order valence-corrected chi connectivity index (χ0v) is 10.3. The summed E-state index contributed by atoms with van der Waals surface area (Å²) >= 11 is 0. The predicted octanol–water partition coefficient (Wildman–Crippen LogP) is 2.75. The number of hydrogen-bond acceptors (Lipinski definition) is 4. The molecule has 0 N–H and O–H groups in total. The second-order valence-electron chi connectivity index (χ2n) is 4.13. The van der Waals surface area contributed by atoms with Gasteiger partial charge in [0.1, 0.15) is 5.58 Å². The Bertz CT molecular complexity index is 627. The van der Waals surface area contributed by atoms with Gasteiger partial charge in [-0.2, -0.15) is 0 Å². The topological polar surface area (TPSA) is 56.5 Å². The number of ether oxygens (including phenoxy) is 1. The third kappa shape index (κ3) is 2.59. The van der Waals surface area contributed by atoms with Crippen LogP contribution in [0.2, 0.25) is 0 Å². The van der Waals surface area contributed by atoms with Gasteiger partial charge in [0.2, 0.25) is 0 Å². The lowest BCUT2D eigenvalue weighted by atomic mass is 10.1. The molecule has 1 heterocycles. The molecule has 4 nitrogen and oxygen atoms in total. The predicted molar refractivity (Wildman–Crippen MR) is 67.7 cm³/mol. The molecule has 0 saturated carbocycles. The van der Waals surface area contributed by atoms with E-state index in [2.05, 4.69) is 0 Å². The highest BCUT2D eigenvalue weighted by Crippen LogP contribution is 2.15. The summed E-state index contributed by atoms with van der Waals surface area (Å²) in [4.78, 5) is 22.9. The third-order valence-corrected chi connectivity index (χ3v) is 2.74. The first kappa shape index (κ1) is 12.4. The van der Waals surface area contributed by atoms with Crippen LogP contribution in [0.4, 0.5) is 0 Å². The summed E-state index contributed by atoms with van der Waals surface area (Å²) in [6, 6.07) is 7.92. The zero-order chi connectivity index (χ0) is 13.1. The maximum absolute atomic E-state index is 11.8. The molecule has 0 aliphatic carbocycles. The second-order valence-corrected chi connectivity index (χ2v) is 4.13. The zero-order valence-electron chi connectivity index (χ0n) is 10.3. The lowest BCUT2D eigenvalue weighted by Crippen LogP contribution is -2.13. The Morgan fingerprint density at radius 2 is 2.06 bits per heavy atom. The van der Waals surface area contributed by atoms with Gasteiger partial charge in [-0.05, 0) is 31.5 Å². The van der Waals surface area contributed by atoms with Crippen LogP contribution in [0.3, 0.4) is 0 Å². The maximum atomic E-state index is 11.8. The Labute approximate surface area is 104 Å². The molecule has 0 saturated heterocycles. The van der Waals surface area contributed by atoms with Crippen LogP contribution in [0.5, 0.6) is 0 Å². The first-order valence-corrected chi connectivity index (χ1v) is 5.85. The van der Waals surface area contributed by atoms with E-state index in [-0.39, 0.29) is 6.10 Å². The Balaban J connectivity index is 2.34. The molecule has 0 amide bonds. The number of rotatable bonds is 3. The van der Waals surface area contributed by atoms with Crippen LogP contribution in [0.25, 0.3) is 11.0 Å². The second kappa shape index (κ2) is 5.04.